The molecular weight excluding hydrogens is 356 g/mol. The Morgan fingerprint density at radius 2 is 2.08 bits per heavy atom. The Morgan fingerprint density at radius 1 is 1.31 bits per heavy atom. The highest BCUT2D eigenvalue weighted by Crippen LogP contribution is 2.19. The fourth-order valence-corrected chi connectivity index (χ4v) is 4.03. The van der Waals surface area contributed by atoms with Crippen LogP contribution in [0.2, 0.25) is 0 Å². The molecule has 2 aromatic rings. The Labute approximate surface area is 152 Å². The highest BCUT2D eigenvalue weighted by molar-refractivity contribution is 7.89. The Bertz CT molecular complexity index is 865. The van der Waals surface area contributed by atoms with Gasteiger partial charge in [0, 0.05) is 32.4 Å². The van der Waals surface area contributed by atoms with Crippen molar-refractivity contribution in [2.45, 2.75) is 6.04 Å². The molecule has 0 radical (unpaired) electrons. The van der Waals surface area contributed by atoms with Crippen LogP contribution in [0.15, 0.2) is 42.7 Å². The van der Waals surface area contributed by atoms with Crippen molar-refractivity contribution in [1.82, 2.24) is 19.4 Å². The molecule has 2 atom stereocenters. The lowest BCUT2D eigenvalue weighted by Gasteiger charge is -2.21. The van der Waals surface area contributed by atoms with Gasteiger partial charge >= 0.3 is 0 Å². The van der Waals surface area contributed by atoms with Crippen molar-refractivity contribution in [3.8, 4) is 5.69 Å². The van der Waals surface area contributed by atoms with Gasteiger partial charge in [-0.15, -0.1) is 0 Å². The SMILES string of the molecule is CN(C)S(=O)(=O)C[C@@H]1COC[C@@H]1NC(=O)c1ccccc1-n1cccn1. The molecule has 0 spiro atoms. The van der Waals surface area contributed by atoms with Crippen molar-refractivity contribution in [1.29, 1.82) is 0 Å². The first-order valence-corrected chi connectivity index (χ1v) is 9.87. The molecule has 0 unspecified atom stereocenters. The lowest BCUT2D eigenvalue weighted by Crippen LogP contribution is -2.43. The third kappa shape index (κ3) is 3.95. The van der Waals surface area contributed by atoms with E-state index in [0.29, 0.717) is 24.5 Å². The molecule has 0 saturated carbocycles. The highest BCUT2D eigenvalue weighted by atomic mass is 32.2. The lowest BCUT2D eigenvalue weighted by molar-refractivity contribution is 0.0926. The van der Waals surface area contributed by atoms with E-state index in [4.69, 9.17) is 4.74 Å². The largest absolute Gasteiger partial charge is 0.379 e. The van der Waals surface area contributed by atoms with E-state index in [1.54, 1.807) is 41.3 Å². The third-order valence-corrected chi connectivity index (χ3v) is 6.36. The topological polar surface area (TPSA) is 93.5 Å². The Morgan fingerprint density at radius 3 is 2.77 bits per heavy atom. The minimum absolute atomic E-state index is 0.0637. The second-order valence-electron chi connectivity index (χ2n) is 6.41. The minimum Gasteiger partial charge on any atom is -0.379 e. The van der Waals surface area contributed by atoms with Gasteiger partial charge in [-0.05, 0) is 18.2 Å². The predicted molar refractivity (Wildman–Crippen MR) is 96.6 cm³/mol. The van der Waals surface area contributed by atoms with Crippen molar-refractivity contribution in [3.05, 3.63) is 48.3 Å². The maximum Gasteiger partial charge on any atom is 0.253 e. The number of carbonyl (C=O) groups excluding carboxylic acids is 1. The van der Waals surface area contributed by atoms with Crippen LogP contribution in [0.1, 0.15) is 10.4 Å². The number of aromatic nitrogens is 2. The van der Waals surface area contributed by atoms with Crippen molar-refractivity contribution in [2.75, 3.05) is 33.1 Å². The molecule has 1 aromatic carbocycles. The summed E-state index contributed by atoms with van der Waals surface area (Å²) in [6, 6.07) is 8.55. The van der Waals surface area contributed by atoms with Crippen LogP contribution in [0.3, 0.4) is 0 Å². The fraction of sp³-hybridized carbons (Fsp3) is 0.412. The molecule has 1 aliphatic heterocycles. The number of rotatable bonds is 6. The molecule has 1 fully saturated rings. The molecule has 1 aromatic heterocycles. The number of nitrogens with zero attached hydrogens (tertiary/aromatic N) is 3. The summed E-state index contributed by atoms with van der Waals surface area (Å²) in [6.45, 7) is 0.599. The number of benzene rings is 1. The summed E-state index contributed by atoms with van der Waals surface area (Å²) in [5.41, 5.74) is 1.13. The predicted octanol–water partition coefficient (Wildman–Crippen LogP) is 0.509. The zero-order valence-corrected chi connectivity index (χ0v) is 15.5. The quantitative estimate of drug-likeness (QED) is 0.790. The number of nitrogens with one attached hydrogen (secondary N) is 1. The van der Waals surface area contributed by atoms with E-state index in [9.17, 15) is 13.2 Å². The van der Waals surface area contributed by atoms with Crippen molar-refractivity contribution < 1.29 is 17.9 Å². The molecule has 0 aliphatic carbocycles. The maximum atomic E-state index is 12.8. The van der Waals surface area contributed by atoms with E-state index in [2.05, 4.69) is 10.4 Å². The molecule has 1 aliphatic rings. The average molecular weight is 378 g/mol. The van der Waals surface area contributed by atoms with Crippen LogP contribution in [0.5, 0.6) is 0 Å². The molecule has 1 saturated heterocycles. The van der Waals surface area contributed by atoms with Crippen molar-refractivity contribution in [2.24, 2.45) is 5.92 Å². The summed E-state index contributed by atoms with van der Waals surface area (Å²) in [5.74, 6) is -0.631. The molecule has 140 valence electrons. The maximum absolute atomic E-state index is 12.8. The van der Waals surface area contributed by atoms with Crippen molar-refractivity contribution in [3.63, 3.8) is 0 Å². The Balaban J connectivity index is 1.76. The van der Waals surface area contributed by atoms with E-state index >= 15 is 0 Å². The smallest absolute Gasteiger partial charge is 0.253 e. The Kier molecular flexibility index (Phi) is 5.40. The Hall–Kier alpha value is -2.23. The van der Waals surface area contributed by atoms with Crippen LogP contribution in [0.4, 0.5) is 0 Å². The van der Waals surface area contributed by atoms with Gasteiger partial charge in [0.2, 0.25) is 10.0 Å². The summed E-state index contributed by atoms with van der Waals surface area (Å²) >= 11 is 0. The number of sulfonamides is 1. The van der Waals surface area contributed by atoms with E-state index < -0.39 is 10.0 Å². The second kappa shape index (κ2) is 7.56. The van der Waals surface area contributed by atoms with Gasteiger partial charge in [0.15, 0.2) is 0 Å². The molecule has 1 N–H and O–H groups in total. The summed E-state index contributed by atoms with van der Waals surface area (Å²) in [6.07, 6.45) is 3.40. The number of ether oxygens (including phenoxy) is 1. The third-order valence-electron chi connectivity index (χ3n) is 4.40. The first kappa shape index (κ1) is 18.6. The number of para-hydroxylation sites is 1. The van der Waals surface area contributed by atoms with E-state index in [1.807, 2.05) is 6.07 Å². The van der Waals surface area contributed by atoms with Crippen molar-refractivity contribution >= 4 is 15.9 Å². The molecule has 9 heteroatoms. The molecule has 2 heterocycles. The first-order valence-electron chi connectivity index (χ1n) is 8.26. The summed E-state index contributed by atoms with van der Waals surface area (Å²) in [4.78, 5) is 12.8. The van der Waals surface area contributed by atoms with Crippen LogP contribution >= 0.6 is 0 Å². The fourth-order valence-electron chi connectivity index (χ4n) is 2.86. The van der Waals surface area contributed by atoms with Gasteiger partial charge in [0.05, 0.1) is 36.3 Å². The van der Waals surface area contributed by atoms with Gasteiger partial charge in [-0.1, -0.05) is 12.1 Å². The standard InChI is InChI=1S/C17H22N4O4S/c1-20(2)26(23,24)12-13-10-25-11-15(13)19-17(22)14-6-3-4-7-16(14)21-9-5-8-18-21/h3-9,13,15H,10-12H2,1-2H3,(H,19,22)/t13-,15-/m0/s1. The van der Waals surface area contributed by atoms with Gasteiger partial charge in [0.25, 0.3) is 5.91 Å². The summed E-state index contributed by atoms with van der Waals surface area (Å²) < 4.78 is 32.5. The van der Waals surface area contributed by atoms with Crippen LogP contribution in [0.25, 0.3) is 5.69 Å². The molecule has 3 rings (SSSR count). The minimum atomic E-state index is -3.37. The number of hydrogen-bond acceptors (Lipinski definition) is 5. The number of carbonyl (C=O) groups is 1. The van der Waals surface area contributed by atoms with Gasteiger partial charge in [-0.3, -0.25) is 4.79 Å². The van der Waals surface area contributed by atoms with Gasteiger partial charge in [-0.2, -0.15) is 5.10 Å². The zero-order valence-electron chi connectivity index (χ0n) is 14.7. The molecule has 0 bridgehead atoms. The molecule has 8 nitrogen and oxygen atoms in total. The van der Waals surface area contributed by atoms with Gasteiger partial charge in [0.1, 0.15) is 0 Å². The van der Waals surface area contributed by atoms with Gasteiger partial charge in [-0.25, -0.2) is 17.4 Å². The highest BCUT2D eigenvalue weighted by Gasteiger charge is 2.34. The molecule has 1 amide bonds. The summed E-state index contributed by atoms with van der Waals surface area (Å²) in [7, 11) is -0.373. The normalized spacial score (nSPS) is 20.4. The molecular formula is C17H22N4O4S. The summed E-state index contributed by atoms with van der Waals surface area (Å²) in [5, 5.41) is 7.09. The second-order valence-corrected chi connectivity index (χ2v) is 8.63. The van der Waals surface area contributed by atoms with Crippen LogP contribution in [0, 0.1) is 5.92 Å². The average Bonchev–Trinajstić information content (AvgIpc) is 3.27. The van der Waals surface area contributed by atoms with Gasteiger partial charge < -0.3 is 10.1 Å². The first-order chi connectivity index (χ1) is 12.4. The van der Waals surface area contributed by atoms with Crippen LogP contribution < -0.4 is 5.32 Å². The van der Waals surface area contributed by atoms with E-state index in [1.165, 1.54) is 18.4 Å². The van der Waals surface area contributed by atoms with E-state index in [0.717, 1.165) is 0 Å². The van der Waals surface area contributed by atoms with E-state index in [-0.39, 0.29) is 23.6 Å². The van der Waals surface area contributed by atoms with Crippen LogP contribution in [-0.4, -0.2) is 67.5 Å². The lowest BCUT2D eigenvalue weighted by atomic mass is 10.1. The zero-order chi connectivity index (χ0) is 18.7. The monoisotopic (exact) mass is 378 g/mol. The van der Waals surface area contributed by atoms with Crippen LogP contribution in [-0.2, 0) is 14.8 Å². The number of amides is 1. The number of hydrogen-bond donors (Lipinski definition) is 1. The molecule has 26 heavy (non-hydrogen) atoms.